The van der Waals surface area contributed by atoms with Gasteiger partial charge in [0.15, 0.2) is 6.29 Å². The number of ether oxygens (including phenoxy) is 1. The van der Waals surface area contributed by atoms with E-state index in [0.717, 1.165) is 0 Å². The second-order valence-electron chi connectivity index (χ2n) is 1.81. The zero-order valence-corrected chi connectivity index (χ0v) is 5.61. The summed E-state index contributed by atoms with van der Waals surface area (Å²) in [6, 6.07) is 6.04. The largest absolute Gasteiger partial charge is 0.448 e. The van der Waals surface area contributed by atoms with Gasteiger partial charge >= 0.3 is 0 Å². The highest BCUT2D eigenvalue weighted by Gasteiger charge is 1.95. The quantitative estimate of drug-likeness (QED) is 0.608. The highest BCUT2D eigenvalue weighted by Crippen LogP contribution is 2.03. The number of rotatable bonds is 2. The molecule has 0 aliphatic heterocycles. The first kappa shape index (κ1) is 7.02. The molecule has 3 heteroatoms. The molecule has 0 saturated carbocycles. The molecule has 1 atom stereocenters. The van der Waals surface area contributed by atoms with Gasteiger partial charge in [-0.1, -0.05) is 0 Å². The van der Waals surface area contributed by atoms with E-state index in [4.69, 9.17) is 9.84 Å². The molecular formula is C7H8NO2. The maximum atomic E-state index is 8.73. The number of nitrogens with zero attached hydrogens (tertiary/aromatic N) is 1. The van der Waals surface area contributed by atoms with Crippen molar-refractivity contribution < 1.29 is 9.84 Å². The van der Waals surface area contributed by atoms with Gasteiger partial charge in [-0.05, 0) is 13.0 Å². The molecular weight excluding hydrogens is 130 g/mol. The van der Waals surface area contributed by atoms with Crippen LogP contribution in [-0.4, -0.2) is 16.4 Å². The van der Waals surface area contributed by atoms with E-state index in [-0.39, 0.29) is 0 Å². The van der Waals surface area contributed by atoms with Crippen molar-refractivity contribution in [3.63, 3.8) is 0 Å². The Morgan fingerprint density at radius 3 is 3.10 bits per heavy atom. The molecule has 1 rings (SSSR count). The monoisotopic (exact) mass is 138 g/mol. The van der Waals surface area contributed by atoms with Crippen LogP contribution in [0.15, 0.2) is 18.3 Å². The van der Waals surface area contributed by atoms with Crippen molar-refractivity contribution in [3.8, 4) is 5.88 Å². The zero-order valence-electron chi connectivity index (χ0n) is 5.61. The minimum atomic E-state index is -0.810. The smallest absolute Gasteiger partial charge is 0.215 e. The fraction of sp³-hybridized carbons (Fsp3) is 0.286. The summed E-state index contributed by atoms with van der Waals surface area (Å²) in [5.74, 6) is 0.411. The Morgan fingerprint density at radius 1 is 1.80 bits per heavy atom. The third kappa shape index (κ3) is 2.03. The molecule has 1 aromatic rings. The lowest BCUT2D eigenvalue weighted by Crippen LogP contribution is -2.10. The standard InChI is InChI=1S/C7H8NO2/c1-6(9)10-7-4-2-3-5-8-7/h2,4-6,9H,1H3. The fourth-order valence-corrected chi connectivity index (χ4v) is 0.551. The third-order valence-electron chi connectivity index (χ3n) is 0.880. The van der Waals surface area contributed by atoms with Crippen LogP contribution in [0.25, 0.3) is 0 Å². The first-order valence-corrected chi connectivity index (χ1v) is 2.96. The molecule has 10 heavy (non-hydrogen) atoms. The van der Waals surface area contributed by atoms with E-state index in [0.29, 0.717) is 5.88 Å². The molecule has 1 radical (unpaired) electrons. The number of aliphatic hydroxyl groups is 1. The van der Waals surface area contributed by atoms with E-state index in [2.05, 4.69) is 11.1 Å². The van der Waals surface area contributed by atoms with Crippen molar-refractivity contribution in [2.75, 3.05) is 0 Å². The van der Waals surface area contributed by atoms with Gasteiger partial charge in [-0.2, -0.15) is 0 Å². The summed E-state index contributed by atoms with van der Waals surface area (Å²) >= 11 is 0. The van der Waals surface area contributed by atoms with Gasteiger partial charge in [0.05, 0.1) is 0 Å². The lowest BCUT2D eigenvalue weighted by atomic mass is 10.5. The van der Waals surface area contributed by atoms with Crippen LogP contribution in [0.3, 0.4) is 0 Å². The van der Waals surface area contributed by atoms with E-state index in [9.17, 15) is 0 Å². The summed E-state index contributed by atoms with van der Waals surface area (Å²) in [6.45, 7) is 1.53. The van der Waals surface area contributed by atoms with Crippen LogP contribution in [0.1, 0.15) is 6.92 Å². The second-order valence-corrected chi connectivity index (χ2v) is 1.81. The molecule has 0 aliphatic carbocycles. The van der Waals surface area contributed by atoms with Gasteiger partial charge < -0.3 is 9.84 Å². The van der Waals surface area contributed by atoms with E-state index in [1.165, 1.54) is 13.1 Å². The number of hydrogen-bond donors (Lipinski definition) is 1. The van der Waals surface area contributed by atoms with Crippen molar-refractivity contribution in [3.05, 3.63) is 24.4 Å². The lowest BCUT2D eigenvalue weighted by Gasteiger charge is -2.05. The summed E-state index contributed by atoms with van der Waals surface area (Å²) in [5.41, 5.74) is 0. The molecule has 0 amide bonds. The van der Waals surface area contributed by atoms with Gasteiger partial charge in [0.2, 0.25) is 5.88 Å². The molecule has 3 nitrogen and oxygen atoms in total. The van der Waals surface area contributed by atoms with Gasteiger partial charge in [0.1, 0.15) is 0 Å². The van der Waals surface area contributed by atoms with Crippen LogP contribution in [0.2, 0.25) is 0 Å². The normalized spacial score (nSPS) is 12.6. The van der Waals surface area contributed by atoms with Gasteiger partial charge in [0.25, 0.3) is 0 Å². The number of pyridine rings is 1. The molecule has 0 bridgehead atoms. The molecule has 1 aromatic heterocycles. The summed E-state index contributed by atoms with van der Waals surface area (Å²) < 4.78 is 4.84. The maximum absolute atomic E-state index is 8.73. The fourth-order valence-electron chi connectivity index (χ4n) is 0.551. The van der Waals surface area contributed by atoms with Crippen molar-refractivity contribution in [1.82, 2.24) is 4.98 Å². The molecule has 1 unspecified atom stereocenters. The molecule has 0 aromatic carbocycles. The third-order valence-corrected chi connectivity index (χ3v) is 0.880. The van der Waals surface area contributed by atoms with Gasteiger partial charge in [0, 0.05) is 18.3 Å². The topological polar surface area (TPSA) is 42.4 Å². The zero-order chi connectivity index (χ0) is 7.40. The number of hydrogen-bond acceptors (Lipinski definition) is 3. The number of aromatic nitrogens is 1. The highest BCUT2D eigenvalue weighted by atomic mass is 16.6. The summed E-state index contributed by atoms with van der Waals surface area (Å²) in [7, 11) is 0. The average molecular weight is 138 g/mol. The Hall–Kier alpha value is -1.09. The average Bonchev–Trinajstić information content (AvgIpc) is 1.88. The second kappa shape index (κ2) is 3.17. The van der Waals surface area contributed by atoms with Crippen molar-refractivity contribution in [2.45, 2.75) is 13.2 Å². The Bertz CT molecular complexity index is 186. The van der Waals surface area contributed by atoms with E-state index < -0.39 is 6.29 Å². The minimum Gasteiger partial charge on any atom is -0.448 e. The molecule has 0 saturated heterocycles. The van der Waals surface area contributed by atoms with Crippen molar-refractivity contribution >= 4 is 0 Å². The molecule has 0 spiro atoms. The van der Waals surface area contributed by atoms with Crippen LogP contribution in [0.5, 0.6) is 5.88 Å². The highest BCUT2D eigenvalue weighted by molar-refractivity contribution is 5.08. The summed E-state index contributed by atoms with van der Waals surface area (Å²) in [4.78, 5) is 3.78. The summed E-state index contributed by atoms with van der Waals surface area (Å²) in [5, 5.41) is 8.73. The molecule has 0 aliphatic rings. The molecule has 53 valence electrons. The molecule has 1 N–H and O–H groups in total. The van der Waals surface area contributed by atoms with Gasteiger partial charge in [-0.3, -0.25) is 0 Å². The Balaban J connectivity index is 2.59. The van der Waals surface area contributed by atoms with Crippen LogP contribution >= 0.6 is 0 Å². The Morgan fingerprint density at radius 2 is 2.60 bits per heavy atom. The Kier molecular flexibility index (Phi) is 2.23. The molecule has 0 fully saturated rings. The molecule has 1 heterocycles. The van der Waals surface area contributed by atoms with Crippen molar-refractivity contribution in [2.24, 2.45) is 0 Å². The van der Waals surface area contributed by atoms with E-state index in [1.54, 1.807) is 12.1 Å². The van der Waals surface area contributed by atoms with Gasteiger partial charge in [-0.15, -0.1) is 0 Å². The van der Waals surface area contributed by atoms with Crippen LogP contribution in [0.4, 0.5) is 0 Å². The predicted molar refractivity (Wildman–Crippen MR) is 35.4 cm³/mol. The number of aliphatic hydroxyl groups excluding tert-OH is 1. The predicted octanol–water partition coefficient (Wildman–Crippen LogP) is 0.599. The SMILES string of the molecule is CC(O)Oc1cc[c]cn1. The van der Waals surface area contributed by atoms with E-state index in [1.807, 2.05) is 0 Å². The lowest BCUT2D eigenvalue weighted by molar-refractivity contribution is -0.00368. The van der Waals surface area contributed by atoms with E-state index >= 15 is 0 Å². The first-order valence-electron chi connectivity index (χ1n) is 2.96. The van der Waals surface area contributed by atoms with Crippen molar-refractivity contribution in [1.29, 1.82) is 0 Å². The first-order chi connectivity index (χ1) is 4.79. The minimum absolute atomic E-state index is 0.411. The van der Waals surface area contributed by atoms with Gasteiger partial charge in [-0.25, -0.2) is 4.98 Å². The van der Waals surface area contributed by atoms with Crippen LogP contribution in [0, 0.1) is 6.07 Å². The Labute approximate surface area is 59.3 Å². The maximum Gasteiger partial charge on any atom is 0.215 e. The van der Waals surface area contributed by atoms with Crippen LogP contribution < -0.4 is 4.74 Å². The van der Waals surface area contributed by atoms with Crippen LogP contribution in [-0.2, 0) is 0 Å². The summed E-state index contributed by atoms with van der Waals surface area (Å²) in [6.07, 6.45) is 0.674.